The fourth-order valence-electron chi connectivity index (χ4n) is 2.71. The highest BCUT2D eigenvalue weighted by Gasteiger charge is 2.17. The lowest BCUT2D eigenvalue weighted by Gasteiger charge is -2.34. The highest BCUT2D eigenvalue weighted by Crippen LogP contribution is 2.20. The van der Waals surface area contributed by atoms with Crippen LogP contribution in [0, 0.1) is 6.92 Å². The molecule has 0 aliphatic carbocycles. The van der Waals surface area contributed by atoms with Gasteiger partial charge >= 0.3 is 0 Å². The van der Waals surface area contributed by atoms with Gasteiger partial charge in [0.2, 0.25) is 5.95 Å². The van der Waals surface area contributed by atoms with Crippen molar-refractivity contribution in [2.45, 2.75) is 13.8 Å². The largest absolute Gasteiger partial charge is 0.354 e. The normalized spacial score (nSPS) is 15.8. The third-order valence-corrected chi connectivity index (χ3v) is 4.18. The Morgan fingerprint density at radius 2 is 1.86 bits per heavy atom. The third-order valence-electron chi connectivity index (χ3n) is 4.18. The Morgan fingerprint density at radius 1 is 1.09 bits per heavy atom. The zero-order chi connectivity index (χ0) is 15.4. The van der Waals surface area contributed by atoms with Crippen molar-refractivity contribution < 1.29 is 0 Å². The van der Waals surface area contributed by atoms with Crippen molar-refractivity contribution in [2.75, 3.05) is 42.9 Å². The molecular formula is C17H23N5. The van der Waals surface area contributed by atoms with Gasteiger partial charge in [-0.15, -0.1) is 0 Å². The van der Waals surface area contributed by atoms with Crippen LogP contribution < -0.4 is 10.2 Å². The predicted molar refractivity (Wildman–Crippen MR) is 90.8 cm³/mol. The summed E-state index contributed by atoms with van der Waals surface area (Å²) in [6.45, 7) is 9.66. The van der Waals surface area contributed by atoms with Gasteiger partial charge in [0.25, 0.3) is 0 Å². The molecule has 0 atom stereocenters. The molecule has 1 aliphatic rings. The first-order valence-electron chi connectivity index (χ1n) is 7.89. The van der Waals surface area contributed by atoms with Crippen LogP contribution in [0.25, 0.3) is 0 Å². The monoisotopic (exact) mass is 297 g/mol. The number of aromatic nitrogens is 2. The zero-order valence-electron chi connectivity index (χ0n) is 13.3. The number of rotatable bonds is 4. The van der Waals surface area contributed by atoms with Crippen molar-refractivity contribution in [2.24, 2.45) is 0 Å². The summed E-state index contributed by atoms with van der Waals surface area (Å²) < 4.78 is 0. The van der Waals surface area contributed by atoms with Crippen LogP contribution in [0.4, 0.5) is 17.5 Å². The second kappa shape index (κ2) is 6.75. The van der Waals surface area contributed by atoms with Gasteiger partial charge in [0, 0.05) is 38.1 Å². The fourth-order valence-corrected chi connectivity index (χ4v) is 2.71. The van der Waals surface area contributed by atoms with Crippen molar-refractivity contribution >= 4 is 17.5 Å². The molecule has 1 aliphatic heterocycles. The summed E-state index contributed by atoms with van der Waals surface area (Å²) in [7, 11) is 0. The Kier molecular flexibility index (Phi) is 4.53. The average Bonchev–Trinajstić information content (AvgIpc) is 2.57. The molecule has 1 saturated heterocycles. The Labute approximate surface area is 132 Å². The van der Waals surface area contributed by atoms with Gasteiger partial charge in [-0.25, -0.2) is 4.98 Å². The molecule has 2 aromatic rings. The molecular weight excluding hydrogens is 274 g/mol. The van der Waals surface area contributed by atoms with Gasteiger partial charge in [-0.1, -0.05) is 25.1 Å². The number of nitrogens with one attached hydrogen (secondary N) is 1. The van der Waals surface area contributed by atoms with E-state index in [4.69, 9.17) is 0 Å². The lowest BCUT2D eigenvalue weighted by atomic mass is 10.2. The molecule has 0 bridgehead atoms. The van der Waals surface area contributed by atoms with Crippen LogP contribution in [0.2, 0.25) is 0 Å². The first kappa shape index (κ1) is 14.8. The average molecular weight is 297 g/mol. The number of benzene rings is 1. The van der Waals surface area contributed by atoms with E-state index >= 15 is 0 Å². The number of piperazine rings is 1. The van der Waals surface area contributed by atoms with Gasteiger partial charge in [0.15, 0.2) is 0 Å². The van der Waals surface area contributed by atoms with Crippen LogP contribution in [-0.4, -0.2) is 47.6 Å². The summed E-state index contributed by atoms with van der Waals surface area (Å²) in [6.07, 6.45) is 1.83. The molecule has 1 N–H and O–H groups in total. The second-order valence-corrected chi connectivity index (χ2v) is 5.60. The van der Waals surface area contributed by atoms with Crippen LogP contribution in [0.15, 0.2) is 36.5 Å². The van der Waals surface area contributed by atoms with Crippen molar-refractivity contribution in [1.29, 1.82) is 0 Å². The predicted octanol–water partition coefficient (Wildman–Crippen LogP) is 2.67. The Balaban J connectivity index is 1.72. The van der Waals surface area contributed by atoms with E-state index in [0.717, 1.165) is 44.2 Å². The third kappa shape index (κ3) is 3.36. The summed E-state index contributed by atoms with van der Waals surface area (Å²) in [5.74, 6) is 1.66. The van der Waals surface area contributed by atoms with Gasteiger partial charge in [-0.05, 0) is 31.2 Å². The number of para-hydroxylation sites is 1. The molecule has 116 valence electrons. The van der Waals surface area contributed by atoms with Crippen molar-refractivity contribution in [3.05, 3.63) is 42.1 Å². The molecule has 0 radical (unpaired) electrons. The lowest BCUT2D eigenvalue weighted by Crippen LogP contribution is -2.46. The Bertz CT molecular complexity index is 620. The minimum Gasteiger partial charge on any atom is -0.354 e. The van der Waals surface area contributed by atoms with Crippen LogP contribution >= 0.6 is 0 Å². The quantitative estimate of drug-likeness (QED) is 0.940. The van der Waals surface area contributed by atoms with Crippen LogP contribution in [-0.2, 0) is 0 Å². The first-order chi connectivity index (χ1) is 10.8. The summed E-state index contributed by atoms with van der Waals surface area (Å²) in [4.78, 5) is 13.8. The highest BCUT2D eigenvalue weighted by atomic mass is 15.3. The van der Waals surface area contributed by atoms with E-state index in [1.165, 1.54) is 5.56 Å². The van der Waals surface area contributed by atoms with E-state index in [1.807, 2.05) is 30.5 Å². The number of hydrogen-bond donors (Lipinski definition) is 1. The van der Waals surface area contributed by atoms with Gasteiger partial charge in [-0.2, -0.15) is 4.98 Å². The molecule has 1 fully saturated rings. The maximum atomic E-state index is 4.67. The van der Waals surface area contributed by atoms with E-state index in [-0.39, 0.29) is 0 Å². The fraction of sp³-hybridized carbons (Fsp3) is 0.412. The Hall–Kier alpha value is -2.14. The van der Waals surface area contributed by atoms with Gasteiger partial charge in [0.05, 0.1) is 0 Å². The smallest absolute Gasteiger partial charge is 0.229 e. The maximum absolute atomic E-state index is 4.67. The molecule has 3 rings (SSSR count). The van der Waals surface area contributed by atoms with Crippen LogP contribution in [0.1, 0.15) is 12.5 Å². The minimum atomic E-state index is 0.657. The summed E-state index contributed by atoms with van der Waals surface area (Å²) >= 11 is 0. The SMILES string of the molecule is CCN1CCN(c2ccnc(Nc3ccccc3C)n2)CC1. The molecule has 2 heterocycles. The lowest BCUT2D eigenvalue weighted by molar-refractivity contribution is 0.270. The number of anilines is 3. The summed E-state index contributed by atoms with van der Waals surface area (Å²) in [5, 5.41) is 3.31. The van der Waals surface area contributed by atoms with E-state index in [2.05, 4.69) is 45.0 Å². The highest BCUT2D eigenvalue weighted by molar-refractivity contribution is 5.59. The van der Waals surface area contributed by atoms with Crippen molar-refractivity contribution in [3.8, 4) is 0 Å². The number of nitrogens with zero attached hydrogens (tertiary/aromatic N) is 4. The molecule has 5 heteroatoms. The maximum Gasteiger partial charge on any atom is 0.229 e. The molecule has 1 aromatic carbocycles. The Morgan fingerprint density at radius 3 is 2.59 bits per heavy atom. The minimum absolute atomic E-state index is 0.657. The molecule has 0 amide bonds. The molecule has 1 aromatic heterocycles. The van der Waals surface area contributed by atoms with Gasteiger partial charge in [-0.3, -0.25) is 0 Å². The zero-order valence-corrected chi connectivity index (χ0v) is 13.3. The van der Waals surface area contributed by atoms with E-state index in [1.54, 1.807) is 0 Å². The molecule has 0 unspecified atom stereocenters. The number of aryl methyl sites for hydroxylation is 1. The van der Waals surface area contributed by atoms with Crippen molar-refractivity contribution in [3.63, 3.8) is 0 Å². The topological polar surface area (TPSA) is 44.3 Å². The summed E-state index contributed by atoms with van der Waals surface area (Å²) in [5.41, 5.74) is 2.24. The van der Waals surface area contributed by atoms with Crippen LogP contribution in [0.3, 0.4) is 0 Å². The molecule has 0 saturated carbocycles. The second-order valence-electron chi connectivity index (χ2n) is 5.60. The molecule has 22 heavy (non-hydrogen) atoms. The molecule has 5 nitrogen and oxygen atoms in total. The number of likely N-dealkylation sites (N-methyl/N-ethyl adjacent to an activating group) is 1. The standard InChI is InChI=1S/C17H23N5/c1-3-21-10-12-22(13-11-21)16-8-9-18-17(20-16)19-15-7-5-4-6-14(15)2/h4-9H,3,10-13H2,1-2H3,(H,18,19,20). The molecule has 0 spiro atoms. The van der Waals surface area contributed by atoms with Gasteiger partial charge in [0.1, 0.15) is 5.82 Å². The van der Waals surface area contributed by atoms with Crippen LogP contribution in [0.5, 0.6) is 0 Å². The van der Waals surface area contributed by atoms with E-state index in [9.17, 15) is 0 Å². The summed E-state index contributed by atoms with van der Waals surface area (Å²) in [6, 6.07) is 10.2. The van der Waals surface area contributed by atoms with E-state index < -0.39 is 0 Å². The number of hydrogen-bond acceptors (Lipinski definition) is 5. The van der Waals surface area contributed by atoms with Crippen molar-refractivity contribution in [1.82, 2.24) is 14.9 Å². The van der Waals surface area contributed by atoms with Gasteiger partial charge < -0.3 is 15.1 Å². The van der Waals surface area contributed by atoms with E-state index in [0.29, 0.717) is 5.95 Å². The first-order valence-corrected chi connectivity index (χ1v) is 7.89.